The molecule has 0 aromatic carbocycles. The zero-order chi connectivity index (χ0) is 4.95. The highest BCUT2D eigenvalue weighted by molar-refractivity contribution is 6.57. The van der Waals surface area contributed by atoms with Crippen molar-refractivity contribution >= 4 is 29.5 Å². The minimum Gasteiger partial charge on any atom is -0.345 e. The molecule has 0 bridgehead atoms. The summed E-state index contributed by atoms with van der Waals surface area (Å²) in [5.74, 6) is 0. The lowest BCUT2D eigenvalue weighted by Crippen LogP contribution is -2.41. The van der Waals surface area contributed by atoms with Crippen LogP contribution in [0.1, 0.15) is 0 Å². The van der Waals surface area contributed by atoms with Crippen LogP contribution < -0.4 is 19.5 Å². The first-order valence-corrected chi connectivity index (χ1v) is 6.61. The van der Waals surface area contributed by atoms with E-state index in [1.807, 2.05) is 0 Å². The number of rotatable bonds is 0. The number of hydrogen-bond acceptors (Lipinski definition) is 4. The quantitative estimate of drug-likeness (QED) is 0.262. The highest BCUT2D eigenvalue weighted by atomic mass is 28.3. The van der Waals surface area contributed by atoms with Gasteiger partial charge in [-0.25, -0.2) is 0 Å². The van der Waals surface area contributed by atoms with E-state index in [-0.39, 0.29) is 29.5 Å². The number of hydrazine groups is 1. The average Bonchev–Trinajstić information content (AvgIpc) is 1.90. The standard InChI is InChI=1S/H10N4Si3/c1-2-6-4-7-3-5-1/h1-4H,5-7H2. The van der Waals surface area contributed by atoms with Crippen molar-refractivity contribution in [1.82, 2.24) is 19.5 Å². The Balaban J connectivity index is 2.04. The Labute approximate surface area is 49.7 Å². The molecule has 1 rings (SSSR count). The summed E-state index contributed by atoms with van der Waals surface area (Å²) in [5.41, 5.74) is 0. The van der Waals surface area contributed by atoms with Crippen LogP contribution in [0.3, 0.4) is 0 Å². The van der Waals surface area contributed by atoms with E-state index < -0.39 is 0 Å². The molecule has 1 fully saturated rings. The van der Waals surface area contributed by atoms with Gasteiger partial charge in [0, 0.05) is 0 Å². The maximum Gasteiger partial charge on any atom is 0.175 e. The molecule has 0 atom stereocenters. The van der Waals surface area contributed by atoms with Crippen molar-refractivity contribution < 1.29 is 0 Å². The molecule has 0 radical (unpaired) electrons. The largest absolute Gasteiger partial charge is 0.345 e. The monoisotopic (exact) mass is 150 g/mol. The van der Waals surface area contributed by atoms with E-state index in [4.69, 9.17) is 0 Å². The second-order valence-corrected chi connectivity index (χ2v) is 7.15. The summed E-state index contributed by atoms with van der Waals surface area (Å²) in [4.78, 5) is 0. The fraction of sp³-hybridized carbons (Fsp3) is 0. The van der Waals surface area contributed by atoms with Crippen LogP contribution in [0.25, 0.3) is 0 Å². The third kappa shape index (κ3) is 2.33. The Morgan fingerprint density at radius 2 is 1.29 bits per heavy atom. The lowest BCUT2D eigenvalue weighted by molar-refractivity contribution is 0.925. The predicted octanol–water partition coefficient (Wildman–Crippen LogP) is -4.73. The zero-order valence-corrected chi connectivity index (χ0v) is 8.36. The average molecular weight is 150 g/mol. The predicted molar refractivity (Wildman–Crippen MR) is 38.2 cm³/mol. The summed E-state index contributed by atoms with van der Waals surface area (Å²) in [6, 6.07) is 0. The van der Waals surface area contributed by atoms with Crippen molar-refractivity contribution in [2.75, 3.05) is 0 Å². The minimum absolute atomic E-state index is 0.0278. The van der Waals surface area contributed by atoms with Crippen LogP contribution in [-0.4, -0.2) is 29.5 Å². The SMILES string of the molecule is N1N[SiH2]N[SiH2]N[SiH2]1. The van der Waals surface area contributed by atoms with E-state index in [0.717, 1.165) is 0 Å². The topological polar surface area (TPSA) is 48.1 Å². The Morgan fingerprint density at radius 3 is 1.86 bits per heavy atom. The molecule has 1 aliphatic heterocycles. The summed E-state index contributed by atoms with van der Waals surface area (Å²) in [5, 5.41) is 6.32. The van der Waals surface area contributed by atoms with Crippen molar-refractivity contribution in [2.45, 2.75) is 0 Å². The molecule has 0 spiro atoms. The van der Waals surface area contributed by atoms with E-state index in [2.05, 4.69) is 19.5 Å². The maximum absolute atomic E-state index is 3.38. The second-order valence-electron chi connectivity index (χ2n) is 1.38. The molecule has 7 heteroatoms. The van der Waals surface area contributed by atoms with E-state index in [9.17, 15) is 0 Å². The normalized spacial score (nSPS) is 34.3. The Hall–Kier alpha value is 0.491. The van der Waals surface area contributed by atoms with Crippen LogP contribution in [0.4, 0.5) is 0 Å². The minimum atomic E-state index is -0.103. The first kappa shape index (κ1) is 5.62. The van der Waals surface area contributed by atoms with Crippen LogP contribution in [0.5, 0.6) is 0 Å². The van der Waals surface area contributed by atoms with Crippen LogP contribution >= 0.6 is 0 Å². The van der Waals surface area contributed by atoms with Gasteiger partial charge < -0.3 is 9.30 Å². The fourth-order valence-corrected chi connectivity index (χ4v) is 5.76. The molecule has 1 saturated heterocycles. The van der Waals surface area contributed by atoms with E-state index in [1.54, 1.807) is 0 Å². The van der Waals surface area contributed by atoms with Gasteiger partial charge in [0.05, 0.1) is 0 Å². The molecule has 0 unspecified atom stereocenters. The first-order valence-electron chi connectivity index (χ1n) is 2.37. The van der Waals surface area contributed by atoms with Gasteiger partial charge in [0.25, 0.3) is 0 Å². The molecular weight excluding hydrogens is 140 g/mol. The fourth-order valence-electron chi connectivity index (χ4n) is 0.463. The molecule has 0 amide bonds. The molecule has 42 valence electrons. The third-order valence-corrected chi connectivity index (χ3v) is 6.16. The van der Waals surface area contributed by atoms with Crippen LogP contribution in [0.2, 0.25) is 0 Å². The molecule has 0 aromatic rings. The van der Waals surface area contributed by atoms with E-state index in [1.165, 1.54) is 0 Å². The van der Waals surface area contributed by atoms with Gasteiger partial charge in [-0.2, -0.15) is 0 Å². The van der Waals surface area contributed by atoms with Gasteiger partial charge in [-0.3, -0.25) is 10.2 Å². The van der Waals surface area contributed by atoms with Crippen molar-refractivity contribution in [3.8, 4) is 0 Å². The van der Waals surface area contributed by atoms with Gasteiger partial charge in [0.1, 0.15) is 0 Å². The van der Waals surface area contributed by atoms with Gasteiger partial charge in [0.2, 0.25) is 0 Å². The summed E-state index contributed by atoms with van der Waals surface area (Å²) in [6.07, 6.45) is 0. The highest BCUT2D eigenvalue weighted by Crippen LogP contribution is 1.44. The second kappa shape index (κ2) is 3.49. The van der Waals surface area contributed by atoms with Gasteiger partial charge in [-0.15, -0.1) is 0 Å². The maximum atomic E-state index is 3.38. The molecule has 0 saturated carbocycles. The van der Waals surface area contributed by atoms with Gasteiger partial charge >= 0.3 is 0 Å². The Morgan fingerprint density at radius 1 is 0.714 bits per heavy atom. The Bertz CT molecular complexity index is 26.5. The Kier molecular flexibility index (Phi) is 2.80. The highest BCUT2D eigenvalue weighted by Gasteiger charge is 1.92. The molecule has 7 heavy (non-hydrogen) atoms. The molecule has 0 aliphatic carbocycles. The lowest BCUT2D eigenvalue weighted by atomic mass is 12.9. The van der Waals surface area contributed by atoms with E-state index >= 15 is 0 Å². The van der Waals surface area contributed by atoms with Crippen LogP contribution in [-0.2, 0) is 0 Å². The zero-order valence-electron chi connectivity index (χ0n) is 4.12. The van der Waals surface area contributed by atoms with Crippen LogP contribution in [0.15, 0.2) is 0 Å². The van der Waals surface area contributed by atoms with Gasteiger partial charge in [0.15, 0.2) is 29.5 Å². The van der Waals surface area contributed by atoms with Crippen molar-refractivity contribution in [1.29, 1.82) is 0 Å². The molecule has 1 heterocycles. The molecule has 1 aliphatic rings. The molecule has 0 aromatic heterocycles. The summed E-state index contributed by atoms with van der Waals surface area (Å²) >= 11 is 0. The molecule has 4 nitrogen and oxygen atoms in total. The van der Waals surface area contributed by atoms with Crippen LogP contribution in [0, 0.1) is 0 Å². The van der Waals surface area contributed by atoms with E-state index in [0.29, 0.717) is 0 Å². The molecular formula is H10N4Si3. The number of nitrogens with one attached hydrogen (secondary N) is 4. The summed E-state index contributed by atoms with van der Waals surface area (Å²) in [7, 11) is -0.235. The van der Waals surface area contributed by atoms with Gasteiger partial charge in [-0.05, 0) is 0 Å². The number of hydrogen-bond donors (Lipinski definition) is 4. The first-order chi connectivity index (χ1) is 3.50. The van der Waals surface area contributed by atoms with Crippen molar-refractivity contribution in [2.24, 2.45) is 0 Å². The summed E-state index contributed by atoms with van der Waals surface area (Å²) in [6.45, 7) is 0. The summed E-state index contributed by atoms with van der Waals surface area (Å²) < 4.78 is 6.75. The lowest BCUT2D eigenvalue weighted by Gasteiger charge is -1.94. The van der Waals surface area contributed by atoms with Gasteiger partial charge in [-0.1, -0.05) is 0 Å². The van der Waals surface area contributed by atoms with Crippen molar-refractivity contribution in [3.05, 3.63) is 0 Å². The molecule has 4 N–H and O–H groups in total. The third-order valence-electron chi connectivity index (χ3n) is 0.802. The van der Waals surface area contributed by atoms with Crippen molar-refractivity contribution in [3.63, 3.8) is 0 Å². The smallest absolute Gasteiger partial charge is 0.175 e.